The Morgan fingerprint density at radius 3 is 2.67 bits per heavy atom. The zero-order valence-corrected chi connectivity index (χ0v) is 20.5. The lowest BCUT2D eigenvalue weighted by atomic mass is 10.00. The minimum atomic E-state index is 0.0809. The van der Waals surface area contributed by atoms with Crippen LogP contribution in [0.5, 0.6) is 17.2 Å². The van der Waals surface area contributed by atoms with E-state index in [0.717, 1.165) is 59.0 Å². The molecule has 3 aromatic carbocycles. The van der Waals surface area contributed by atoms with Crippen molar-refractivity contribution >= 4 is 16.8 Å². The Balaban J connectivity index is 1.24. The molecule has 1 aromatic heterocycles. The molecule has 6 heteroatoms. The molecular formula is C30H30N2O4. The van der Waals surface area contributed by atoms with E-state index in [9.17, 15) is 4.79 Å². The van der Waals surface area contributed by atoms with Gasteiger partial charge in [0.05, 0.1) is 13.2 Å². The molecule has 6 nitrogen and oxygen atoms in total. The zero-order chi connectivity index (χ0) is 24.5. The molecule has 2 aliphatic heterocycles. The summed E-state index contributed by atoms with van der Waals surface area (Å²) in [6.45, 7) is 1.93. The lowest BCUT2D eigenvalue weighted by molar-refractivity contribution is -0.132. The number of rotatable bonds is 6. The second-order valence-corrected chi connectivity index (χ2v) is 9.40. The lowest BCUT2D eigenvalue weighted by Gasteiger charge is -2.27. The van der Waals surface area contributed by atoms with Gasteiger partial charge in [-0.15, -0.1) is 0 Å². The van der Waals surface area contributed by atoms with Gasteiger partial charge in [-0.3, -0.25) is 4.79 Å². The highest BCUT2D eigenvalue weighted by Crippen LogP contribution is 2.39. The van der Waals surface area contributed by atoms with Crippen LogP contribution in [0.1, 0.15) is 36.4 Å². The number of H-pyrrole nitrogens is 1. The van der Waals surface area contributed by atoms with Crippen molar-refractivity contribution in [3.8, 4) is 28.5 Å². The number of nitrogens with zero attached hydrogens (tertiary/aromatic N) is 1. The molecule has 1 amide bonds. The highest BCUT2D eigenvalue weighted by atomic mass is 16.6. The van der Waals surface area contributed by atoms with E-state index in [1.807, 2.05) is 35.2 Å². The van der Waals surface area contributed by atoms with Crippen LogP contribution in [0, 0.1) is 0 Å². The predicted molar refractivity (Wildman–Crippen MR) is 140 cm³/mol. The van der Waals surface area contributed by atoms with E-state index in [-0.39, 0.29) is 11.9 Å². The van der Waals surface area contributed by atoms with Crippen molar-refractivity contribution in [3.63, 3.8) is 0 Å². The van der Waals surface area contributed by atoms with Crippen LogP contribution in [0.3, 0.4) is 0 Å². The predicted octanol–water partition coefficient (Wildman–Crippen LogP) is 5.91. The number of methoxy groups -OCH3 is 1. The summed E-state index contributed by atoms with van der Waals surface area (Å²) >= 11 is 0. The van der Waals surface area contributed by atoms with Crippen LogP contribution in [0.4, 0.5) is 0 Å². The van der Waals surface area contributed by atoms with Crippen LogP contribution in [-0.2, 0) is 11.2 Å². The minimum absolute atomic E-state index is 0.0809. The lowest BCUT2D eigenvalue weighted by Crippen LogP contribution is -2.30. The first-order chi connectivity index (χ1) is 17.7. The highest BCUT2D eigenvalue weighted by molar-refractivity contribution is 5.91. The molecule has 0 aliphatic carbocycles. The van der Waals surface area contributed by atoms with Gasteiger partial charge in [-0.05, 0) is 78.4 Å². The Labute approximate surface area is 210 Å². The first-order valence-electron chi connectivity index (χ1n) is 12.6. The van der Waals surface area contributed by atoms with Crippen LogP contribution in [-0.4, -0.2) is 42.7 Å². The Hall–Kier alpha value is -3.93. The number of carbonyl (C=O) groups excluding carboxylic acids is 1. The van der Waals surface area contributed by atoms with E-state index >= 15 is 0 Å². The quantitative estimate of drug-likeness (QED) is 0.371. The van der Waals surface area contributed by atoms with E-state index in [0.29, 0.717) is 26.1 Å². The van der Waals surface area contributed by atoms with Crippen LogP contribution in [0.15, 0.2) is 66.7 Å². The molecule has 1 saturated heterocycles. The Bertz CT molecular complexity index is 1390. The molecule has 184 valence electrons. The number of ether oxygens (including phenoxy) is 3. The third-order valence-corrected chi connectivity index (χ3v) is 7.31. The third kappa shape index (κ3) is 4.17. The first kappa shape index (κ1) is 22.5. The molecule has 0 radical (unpaired) electrons. The second-order valence-electron chi connectivity index (χ2n) is 9.40. The fourth-order valence-electron chi connectivity index (χ4n) is 5.52. The van der Waals surface area contributed by atoms with E-state index in [4.69, 9.17) is 14.2 Å². The van der Waals surface area contributed by atoms with Gasteiger partial charge < -0.3 is 24.1 Å². The van der Waals surface area contributed by atoms with Gasteiger partial charge in [0.2, 0.25) is 5.91 Å². The molecule has 1 fully saturated rings. The van der Waals surface area contributed by atoms with Gasteiger partial charge in [-0.25, -0.2) is 0 Å². The molecule has 4 aromatic rings. The molecule has 0 bridgehead atoms. The zero-order valence-electron chi connectivity index (χ0n) is 20.5. The monoisotopic (exact) mass is 482 g/mol. The van der Waals surface area contributed by atoms with Gasteiger partial charge in [0, 0.05) is 29.6 Å². The molecule has 1 unspecified atom stereocenters. The highest BCUT2D eigenvalue weighted by Gasteiger charge is 2.31. The number of amides is 1. The van der Waals surface area contributed by atoms with Crippen molar-refractivity contribution < 1.29 is 19.0 Å². The van der Waals surface area contributed by atoms with Crippen molar-refractivity contribution in [2.75, 3.05) is 26.9 Å². The van der Waals surface area contributed by atoms with Gasteiger partial charge in [0.25, 0.3) is 0 Å². The Morgan fingerprint density at radius 2 is 1.83 bits per heavy atom. The number of hydrogen-bond donors (Lipinski definition) is 1. The van der Waals surface area contributed by atoms with E-state index in [2.05, 4.69) is 41.4 Å². The fraction of sp³-hybridized carbons (Fsp3) is 0.300. The molecule has 0 saturated carbocycles. The molecule has 1 atom stereocenters. The SMILES string of the molecule is COc1ccc(-c2[nH]c3ccccc3c2CCC(=O)N2CCCC2c2ccc3c(c2)OCCO3)cc1. The average molecular weight is 483 g/mol. The summed E-state index contributed by atoms with van der Waals surface area (Å²) in [6, 6.07) is 22.5. The maximum Gasteiger partial charge on any atom is 0.223 e. The number of carbonyl (C=O) groups is 1. The Morgan fingerprint density at radius 1 is 1.03 bits per heavy atom. The number of aromatic nitrogens is 1. The number of fused-ring (bicyclic) bond motifs is 2. The molecular weight excluding hydrogens is 452 g/mol. The van der Waals surface area contributed by atoms with Gasteiger partial charge in [0.1, 0.15) is 19.0 Å². The number of benzene rings is 3. The summed E-state index contributed by atoms with van der Waals surface area (Å²) in [5.74, 6) is 2.58. The molecule has 6 rings (SSSR count). The van der Waals surface area contributed by atoms with Gasteiger partial charge in [-0.2, -0.15) is 0 Å². The summed E-state index contributed by atoms with van der Waals surface area (Å²) < 4.78 is 16.8. The van der Waals surface area contributed by atoms with Crippen LogP contribution >= 0.6 is 0 Å². The van der Waals surface area contributed by atoms with E-state index in [1.54, 1.807) is 7.11 Å². The number of aryl methyl sites for hydroxylation is 1. The summed E-state index contributed by atoms with van der Waals surface area (Å²) in [7, 11) is 1.67. The third-order valence-electron chi connectivity index (χ3n) is 7.31. The molecule has 36 heavy (non-hydrogen) atoms. The van der Waals surface area contributed by atoms with Gasteiger partial charge >= 0.3 is 0 Å². The number of hydrogen-bond acceptors (Lipinski definition) is 4. The summed E-state index contributed by atoms with van der Waals surface area (Å²) in [5, 5.41) is 1.17. The number of aromatic amines is 1. The normalized spacial score (nSPS) is 16.9. The van der Waals surface area contributed by atoms with Crippen molar-refractivity contribution in [2.45, 2.75) is 31.7 Å². The smallest absolute Gasteiger partial charge is 0.223 e. The largest absolute Gasteiger partial charge is 0.497 e. The van der Waals surface area contributed by atoms with Crippen molar-refractivity contribution in [1.29, 1.82) is 0 Å². The van der Waals surface area contributed by atoms with Crippen molar-refractivity contribution in [3.05, 3.63) is 77.9 Å². The minimum Gasteiger partial charge on any atom is -0.497 e. The van der Waals surface area contributed by atoms with Crippen molar-refractivity contribution in [1.82, 2.24) is 9.88 Å². The molecule has 2 aliphatic rings. The fourth-order valence-corrected chi connectivity index (χ4v) is 5.52. The summed E-state index contributed by atoms with van der Waals surface area (Å²) in [5.41, 5.74) is 5.54. The Kier molecular flexibility index (Phi) is 6.01. The van der Waals surface area contributed by atoms with Crippen LogP contribution in [0.25, 0.3) is 22.2 Å². The van der Waals surface area contributed by atoms with Crippen molar-refractivity contribution in [2.24, 2.45) is 0 Å². The van der Waals surface area contributed by atoms with Gasteiger partial charge in [0.15, 0.2) is 11.5 Å². The van der Waals surface area contributed by atoms with Crippen LogP contribution < -0.4 is 14.2 Å². The van der Waals surface area contributed by atoms with Crippen LogP contribution in [0.2, 0.25) is 0 Å². The number of likely N-dealkylation sites (tertiary alicyclic amines) is 1. The topological polar surface area (TPSA) is 63.8 Å². The molecule has 3 heterocycles. The number of nitrogens with one attached hydrogen (secondary N) is 1. The average Bonchev–Trinajstić information content (AvgIpc) is 3.57. The molecule has 1 N–H and O–H groups in total. The van der Waals surface area contributed by atoms with E-state index in [1.165, 1.54) is 10.9 Å². The summed E-state index contributed by atoms with van der Waals surface area (Å²) in [6.07, 6.45) is 3.12. The van der Waals surface area contributed by atoms with Gasteiger partial charge in [-0.1, -0.05) is 24.3 Å². The van der Waals surface area contributed by atoms with E-state index < -0.39 is 0 Å². The maximum atomic E-state index is 13.5. The maximum absolute atomic E-state index is 13.5. The first-order valence-corrected chi connectivity index (χ1v) is 12.6. The summed E-state index contributed by atoms with van der Waals surface area (Å²) in [4.78, 5) is 19.2. The standard InChI is InChI=1S/C30H30N2O4/c1-34-22-11-8-20(9-12-22)30-24(23-5-2-3-6-25(23)31-30)13-15-29(33)32-16-4-7-26(32)21-10-14-27-28(19-21)36-18-17-35-27/h2-3,5-6,8-12,14,19,26,31H,4,7,13,15-18H2,1H3. The second kappa shape index (κ2) is 9.61. The number of para-hydroxylation sites is 1. The molecule has 0 spiro atoms.